The zero-order chi connectivity index (χ0) is 12.8. The van der Waals surface area contributed by atoms with Crippen LogP contribution < -0.4 is 10.2 Å². The molecule has 0 aromatic carbocycles. The standard InChI is InChI=1S/C13H20N4/c1-6-7-17(5)13-15-11(4)8-12(16-13)9-14-10(2)3/h1,8,10,14H,7,9H2,2-5H3. The molecule has 1 N–H and O–H groups in total. The topological polar surface area (TPSA) is 41.1 Å². The van der Waals surface area contributed by atoms with E-state index in [2.05, 4.69) is 35.1 Å². The van der Waals surface area contributed by atoms with E-state index in [-0.39, 0.29) is 0 Å². The summed E-state index contributed by atoms with van der Waals surface area (Å²) in [5.74, 6) is 3.27. The van der Waals surface area contributed by atoms with Gasteiger partial charge in [0.05, 0.1) is 12.2 Å². The predicted octanol–water partition coefficient (Wildman–Crippen LogP) is 1.35. The van der Waals surface area contributed by atoms with Gasteiger partial charge in [-0.05, 0) is 13.0 Å². The van der Waals surface area contributed by atoms with Gasteiger partial charge in [-0.2, -0.15) is 0 Å². The summed E-state index contributed by atoms with van der Waals surface area (Å²) < 4.78 is 0. The first kappa shape index (κ1) is 13.5. The Balaban J connectivity index is 2.83. The first-order chi connectivity index (χ1) is 8.02. The largest absolute Gasteiger partial charge is 0.333 e. The first-order valence-electron chi connectivity index (χ1n) is 5.75. The molecular weight excluding hydrogens is 212 g/mol. The molecule has 0 radical (unpaired) electrons. The van der Waals surface area contributed by atoms with Crippen LogP contribution in [0.25, 0.3) is 0 Å². The fourth-order valence-electron chi connectivity index (χ4n) is 1.39. The lowest BCUT2D eigenvalue weighted by Crippen LogP contribution is -2.24. The summed E-state index contributed by atoms with van der Waals surface area (Å²) in [6.45, 7) is 7.45. The Hall–Kier alpha value is -1.60. The molecule has 0 aliphatic carbocycles. The summed E-state index contributed by atoms with van der Waals surface area (Å²) in [6.07, 6.45) is 5.28. The molecule has 0 aliphatic heterocycles. The van der Waals surface area contributed by atoms with Crippen molar-refractivity contribution >= 4 is 5.95 Å². The van der Waals surface area contributed by atoms with E-state index in [1.165, 1.54) is 0 Å². The highest BCUT2D eigenvalue weighted by atomic mass is 15.2. The highest BCUT2D eigenvalue weighted by molar-refractivity contribution is 5.33. The first-order valence-corrected chi connectivity index (χ1v) is 5.75. The van der Waals surface area contributed by atoms with Crippen molar-refractivity contribution in [2.75, 3.05) is 18.5 Å². The SMILES string of the molecule is C#CCN(C)c1nc(C)cc(CNC(C)C)n1. The fourth-order valence-corrected chi connectivity index (χ4v) is 1.39. The van der Waals surface area contributed by atoms with Crippen LogP contribution in [-0.4, -0.2) is 29.6 Å². The van der Waals surface area contributed by atoms with Crippen LogP contribution in [0.1, 0.15) is 25.2 Å². The summed E-state index contributed by atoms with van der Waals surface area (Å²) in [7, 11) is 1.90. The van der Waals surface area contributed by atoms with Crippen molar-refractivity contribution in [3.05, 3.63) is 17.5 Å². The van der Waals surface area contributed by atoms with Gasteiger partial charge >= 0.3 is 0 Å². The normalized spacial score (nSPS) is 10.4. The lowest BCUT2D eigenvalue weighted by molar-refractivity contribution is 0.580. The average Bonchev–Trinajstić information content (AvgIpc) is 2.26. The van der Waals surface area contributed by atoms with E-state index in [0.717, 1.165) is 17.9 Å². The maximum atomic E-state index is 5.28. The van der Waals surface area contributed by atoms with E-state index in [4.69, 9.17) is 6.42 Å². The molecule has 1 aromatic heterocycles. The molecular formula is C13H20N4. The van der Waals surface area contributed by atoms with E-state index in [0.29, 0.717) is 18.5 Å². The fraction of sp³-hybridized carbons (Fsp3) is 0.538. The van der Waals surface area contributed by atoms with E-state index < -0.39 is 0 Å². The Labute approximate surface area is 103 Å². The van der Waals surface area contributed by atoms with Crippen molar-refractivity contribution in [3.8, 4) is 12.3 Å². The van der Waals surface area contributed by atoms with Crippen molar-refractivity contribution in [2.45, 2.75) is 33.4 Å². The van der Waals surface area contributed by atoms with Crippen molar-refractivity contribution in [1.29, 1.82) is 0 Å². The Morgan fingerprint density at radius 2 is 2.18 bits per heavy atom. The molecule has 92 valence electrons. The minimum atomic E-state index is 0.442. The second-order valence-corrected chi connectivity index (χ2v) is 4.40. The van der Waals surface area contributed by atoms with Crippen molar-refractivity contribution < 1.29 is 0 Å². The Morgan fingerprint density at radius 3 is 2.76 bits per heavy atom. The molecule has 0 spiro atoms. The van der Waals surface area contributed by atoms with Crippen molar-refractivity contribution in [3.63, 3.8) is 0 Å². The summed E-state index contributed by atoms with van der Waals surface area (Å²) in [5, 5.41) is 3.34. The average molecular weight is 232 g/mol. The number of nitrogens with one attached hydrogen (secondary N) is 1. The molecule has 0 fully saturated rings. The van der Waals surface area contributed by atoms with Crippen LogP contribution in [0.15, 0.2) is 6.07 Å². The molecule has 17 heavy (non-hydrogen) atoms. The second kappa shape index (κ2) is 6.21. The zero-order valence-electron chi connectivity index (χ0n) is 11.0. The molecule has 0 atom stereocenters. The third kappa shape index (κ3) is 4.41. The number of aromatic nitrogens is 2. The number of anilines is 1. The molecule has 0 amide bonds. The van der Waals surface area contributed by atoms with Crippen LogP contribution >= 0.6 is 0 Å². The number of terminal acetylenes is 1. The summed E-state index contributed by atoms with van der Waals surface area (Å²) >= 11 is 0. The Bertz CT molecular complexity index is 406. The molecule has 4 nitrogen and oxygen atoms in total. The van der Waals surface area contributed by atoms with Gasteiger partial charge in [0.25, 0.3) is 0 Å². The maximum absolute atomic E-state index is 5.28. The third-order valence-electron chi connectivity index (χ3n) is 2.26. The van der Waals surface area contributed by atoms with Crippen LogP contribution in [0.3, 0.4) is 0 Å². The number of nitrogens with zero attached hydrogens (tertiary/aromatic N) is 3. The molecule has 0 bridgehead atoms. The van der Waals surface area contributed by atoms with Gasteiger partial charge in [-0.1, -0.05) is 19.8 Å². The molecule has 1 aromatic rings. The second-order valence-electron chi connectivity index (χ2n) is 4.40. The monoisotopic (exact) mass is 232 g/mol. The van der Waals surface area contributed by atoms with Gasteiger partial charge in [0, 0.05) is 25.3 Å². The quantitative estimate of drug-likeness (QED) is 0.778. The number of hydrogen-bond donors (Lipinski definition) is 1. The summed E-state index contributed by atoms with van der Waals surface area (Å²) in [4.78, 5) is 10.7. The molecule has 0 aliphatic rings. The Morgan fingerprint density at radius 1 is 1.47 bits per heavy atom. The number of hydrogen-bond acceptors (Lipinski definition) is 4. The molecule has 1 heterocycles. The van der Waals surface area contributed by atoms with Crippen LogP contribution in [0.5, 0.6) is 0 Å². The van der Waals surface area contributed by atoms with E-state index in [1.807, 2.05) is 24.9 Å². The van der Waals surface area contributed by atoms with Gasteiger partial charge in [-0.25, -0.2) is 9.97 Å². The molecule has 0 unspecified atom stereocenters. The number of aryl methyl sites for hydroxylation is 1. The van der Waals surface area contributed by atoms with Crippen molar-refractivity contribution in [1.82, 2.24) is 15.3 Å². The van der Waals surface area contributed by atoms with Gasteiger partial charge in [0.1, 0.15) is 0 Å². The van der Waals surface area contributed by atoms with E-state index >= 15 is 0 Å². The van der Waals surface area contributed by atoms with Gasteiger partial charge in [-0.15, -0.1) is 6.42 Å². The molecule has 0 saturated carbocycles. The maximum Gasteiger partial charge on any atom is 0.226 e. The van der Waals surface area contributed by atoms with E-state index in [9.17, 15) is 0 Å². The highest BCUT2D eigenvalue weighted by Gasteiger charge is 2.06. The van der Waals surface area contributed by atoms with Gasteiger partial charge in [-0.3, -0.25) is 0 Å². The third-order valence-corrected chi connectivity index (χ3v) is 2.26. The zero-order valence-corrected chi connectivity index (χ0v) is 11.0. The molecule has 0 saturated heterocycles. The smallest absolute Gasteiger partial charge is 0.226 e. The number of rotatable bonds is 5. The minimum Gasteiger partial charge on any atom is -0.333 e. The molecule has 4 heteroatoms. The Kier molecular flexibility index (Phi) is 4.92. The lowest BCUT2D eigenvalue weighted by atomic mass is 10.3. The van der Waals surface area contributed by atoms with Crippen LogP contribution in [0.2, 0.25) is 0 Å². The van der Waals surface area contributed by atoms with Gasteiger partial charge < -0.3 is 10.2 Å². The lowest BCUT2D eigenvalue weighted by Gasteiger charge is -2.16. The van der Waals surface area contributed by atoms with Crippen LogP contribution in [0, 0.1) is 19.3 Å². The van der Waals surface area contributed by atoms with Crippen LogP contribution in [-0.2, 0) is 6.54 Å². The van der Waals surface area contributed by atoms with E-state index in [1.54, 1.807) is 0 Å². The summed E-state index contributed by atoms with van der Waals surface area (Å²) in [6, 6.07) is 2.43. The summed E-state index contributed by atoms with van der Waals surface area (Å²) in [5.41, 5.74) is 1.95. The van der Waals surface area contributed by atoms with Crippen LogP contribution in [0.4, 0.5) is 5.95 Å². The highest BCUT2D eigenvalue weighted by Crippen LogP contribution is 2.08. The van der Waals surface area contributed by atoms with Crippen molar-refractivity contribution in [2.24, 2.45) is 0 Å². The minimum absolute atomic E-state index is 0.442. The molecule has 1 rings (SSSR count). The predicted molar refractivity (Wildman–Crippen MR) is 70.8 cm³/mol. The van der Waals surface area contributed by atoms with Gasteiger partial charge in [0.2, 0.25) is 5.95 Å². The van der Waals surface area contributed by atoms with Gasteiger partial charge in [0.15, 0.2) is 0 Å².